The van der Waals surface area contributed by atoms with Crippen LogP contribution in [0.3, 0.4) is 0 Å². The number of aryl methyl sites for hydroxylation is 1. The molecule has 4 amide bonds. The van der Waals surface area contributed by atoms with Gasteiger partial charge in [-0.15, -0.1) is 0 Å². The maximum Gasteiger partial charge on any atom is 0.325 e. The zero-order valence-corrected chi connectivity index (χ0v) is 14.4. The fraction of sp³-hybridized carbons (Fsp3) is 0.250. The second-order valence-electron chi connectivity index (χ2n) is 6.67. The number of benzene rings is 2. The third kappa shape index (κ3) is 2.37. The Morgan fingerprint density at radius 2 is 1.81 bits per heavy atom. The maximum atomic E-state index is 13.1. The number of carbonyl (C=O) groups is 3. The summed E-state index contributed by atoms with van der Waals surface area (Å²) in [6.45, 7) is -0.278. The number of carbonyl (C=O) groups excluding carboxylic acids is 3. The highest BCUT2D eigenvalue weighted by atomic mass is 16.2. The smallest absolute Gasteiger partial charge is 0.319 e. The molecule has 0 bridgehead atoms. The molecule has 2 aliphatic rings. The van der Waals surface area contributed by atoms with Crippen molar-refractivity contribution in [3.05, 3.63) is 65.7 Å². The number of anilines is 1. The summed E-state index contributed by atoms with van der Waals surface area (Å²) < 4.78 is 0. The van der Waals surface area contributed by atoms with Gasteiger partial charge in [-0.25, -0.2) is 4.79 Å². The molecule has 0 saturated carbocycles. The van der Waals surface area contributed by atoms with Crippen LogP contribution in [0.1, 0.15) is 17.5 Å². The van der Waals surface area contributed by atoms with E-state index in [9.17, 15) is 14.4 Å². The van der Waals surface area contributed by atoms with Crippen LogP contribution in [0.5, 0.6) is 0 Å². The second kappa shape index (κ2) is 5.98. The molecule has 1 aliphatic carbocycles. The number of rotatable bonds is 3. The summed E-state index contributed by atoms with van der Waals surface area (Å²) in [5, 5.41) is 2.84. The SMILES string of the molecule is CN(C(=O)CN1C(=O)NC2(CCc3ccccc32)C1=O)c1ccccc1. The van der Waals surface area contributed by atoms with Gasteiger partial charge in [0.25, 0.3) is 5.91 Å². The quantitative estimate of drug-likeness (QED) is 0.862. The van der Waals surface area contributed by atoms with E-state index >= 15 is 0 Å². The van der Waals surface area contributed by atoms with Crippen molar-refractivity contribution in [3.8, 4) is 0 Å². The summed E-state index contributed by atoms with van der Waals surface area (Å²) in [6, 6.07) is 16.3. The minimum atomic E-state index is -1.03. The topological polar surface area (TPSA) is 69.7 Å². The lowest BCUT2D eigenvalue weighted by Gasteiger charge is -2.23. The second-order valence-corrected chi connectivity index (χ2v) is 6.67. The van der Waals surface area contributed by atoms with Crippen LogP contribution in [0.15, 0.2) is 54.6 Å². The Hall–Kier alpha value is -3.15. The summed E-state index contributed by atoms with van der Waals surface area (Å²) in [5.74, 6) is -0.662. The molecule has 1 heterocycles. The average molecular weight is 349 g/mol. The van der Waals surface area contributed by atoms with Crippen molar-refractivity contribution in [1.29, 1.82) is 0 Å². The van der Waals surface area contributed by atoms with Gasteiger partial charge in [0.1, 0.15) is 12.1 Å². The standard InChI is InChI=1S/C20H19N3O3/c1-22(15-8-3-2-4-9-15)17(24)13-23-18(25)20(21-19(23)26)12-11-14-7-5-6-10-16(14)20/h2-10H,11-13H2,1H3,(H,21,26). The average Bonchev–Trinajstić information content (AvgIpc) is 3.15. The lowest BCUT2D eigenvalue weighted by molar-refractivity contribution is -0.134. The van der Waals surface area contributed by atoms with E-state index in [1.807, 2.05) is 42.5 Å². The monoisotopic (exact) mass is 349 g/mol. The van der Waals surface area contributed by atoms with Gasteiger partial charge < -0.3 is 10.2 Å². The van der Waals surface area contributed by atoms with Crippen molar-refractivity contribution in [2.45, 2.75) is 18.4 Å². The van der Waals surface area contributed by atoms with Gasteiger partial charge in [0.2, 0.25) is 5.91 Å². The van der Waals surface area contributed by atoms with Crippen LogP contribution in [0.25, 0.3) is 0 Å². The Kier molecular flexibility index (Phi) is 3.76. The van der Waals surface area contributed by atoms with E-state index in [-0.39, 0.29) is 18.4 Å². The number of urea groups is 1. The van der Waals surface area contributed by atoms with Crippen LogP contribution in [0.4, 0.5) is 10.5 Å². The fourth-order valence-corrected chi connectivity index (χ4v) is 3.77. The first kappa shape index (κ1) is 16.3. The minimum Gasteiger partial charge on any atom is -0.319 e. The first-order valence-corrected chi connectivity index (χ1v) is 8.57. The van der Waals surface area contributed by atoms with E-state index in [0.717, 1.165) is 22.4 Å². The summed E-state index contributed by atoms with van der Waals surface area (Å²) in [4.78, 5) is 40.6. The van der Waals surface area contributed by atoms with Gasteiger partial charge in [0.05, 0.1) is 0 Å². The van der Waals surface area contributed by atoms with Gasteiger partial charge in [-0.05, 0) is 36.1 Å². The van der Waals surface area contributed by atoms with E-state index in [1.54, 1.807) is 19.2 Å². The van der Waals surface area contributed by atoms with E-state index in [4.69, 9.17) is 0 Å². The number of nitrogens with one attached hydrogen (secondary N) is 1. The Labute approximate surface area is 151 Å². The maximum absolute atomic E-state index is 13.1. The zero-order valence-electron chi connectivity index (χ0n) is 14.4. The molecule has 6 heteroatoms. The molecular formula is C20H19N3O3. The van der Waals surface area contributed by atoms with Crippen LogP contribution in [0.2, 0.25) is 0 Å². The largest absolute Gasteiger partial charge is 0.325 e. The Balaban J connectivity index is 1.57. The van der Waals surface area contributed by atoms with Gasteiger partial charge in [-0.3, -0.25) is 14.5 Å². The van der Waals surface area contributed by atoms with Gasteiger partial charge in [-0.2, -0.15) is 0 Å². The third-order valence-corrected chi connectivity index (χ3v) is 5.23. The molecule has 2 aromatic carbocycles. The number of hydrogen-bond donors (Lipinski definition) is 1. The molecule has 0 aromatic heterocycles. The van der Waals surface area contributed by atoms with Gasteiger partial charge in [-0.1, -0.05) is 42.5 Å². The fourth-order valence-electron chi connectivity index (χ4n) is 3.77. The summed E-state index contributed by atoms with van der Waals surface area (Å²) in [7, 11) is 1.64. The van der Waals surface area contributed by atoms with Crippen LogP contribution < -0.4 is 10.2 Å². The van der Waals surface area contributed by atoms with Crippen LogP contribution >= 0.6 is 0 Å². The lowest BCUT2D eigenvalue weighted by atomic mass is 9.92. The number of hydrogen-bond acceptors (Lipinski definition) is 3. The molecule has 132 valence electrons. The molecule has 26 heavy (non-hydrogen) atoms. The molecule has 2 aromatic rings. The van der Waals surface area contributed by atoms with Crippen molar-refractivity contribution in [1.82, 2.24) is 10.2 Å². The highest BCUT2D eigenvalue weighted by Gasteiger charge is 2.55. The Bertz CT molecular complexity index is 896. The number of amides is 4. The Morgan fingerprint density at radius 1 is 1.12 bits per heavy atom. The van der Waals surface area contributed by atoms with Crippen molar-refractivity contribution in [2.24, 2.45) is 0 Å². The first-order valence-electron chi connectivity index (χ1n) is 8.57. The summed E-state index contributed by atoms with van der Waals surface area (Å²) in [5.41, 5.74) is 1.59. The predicted octanol–water partition coefficient (Wildman–Crippen LogP) is 2.04. The number of likely N-dealkylation sites (N-methyl/N-ethyl adjacent to an activating group) is 1. The molecule has 1 unspecified atom stereocenters. The lowest BCUT2D eigenvalue weighted by Crippen LogP contribution is -2.44. The van der Waals surface area contributed by atoms with Crippen LogP contribution in [-0.4, -0.2) is 36.3 Å². The van der Waals surface area contributed by atoms with E-state index in [1.165, 1.54) is 4.90 Å². The molecular weight excluding hydrogens is 330 g/mol. The summed E-state index contributed by atoms with van der Waals surface area (Å²) in [6.07, 6.45) is 1.25. The number of nitrogens with zero attached hydrogens (tertiary/aromatic N) is 2. The van der Waals surface area contributed by atoms with Crippen molar-refractivity contribution in [2.75, 3.05) is 18.5 Å². The number of para-hydroxylation sites is 1. The summed E-state index contributed by atoms with van der Waals surface area (Å²) >= 11 is 0. The highest BCUT2D eigenvalue weighted by molar-refractivity contribution is 6.11. The minimum absolute atomic E-state index is 0.278. The highest BCUT2D eigenvalue weighted by Crippen LogP contribution is 2.41. The van der Waals surface area contributed by atoms with E-state index < -0.39 is 11.6 Å². The van der Waals surface area contributed by atoms with Crippen molar-refractivity contribution in [3.63, 3.8) is 0 Å². The Morgan fingerprint density at radius 3 is 2.58 bits per heavy atom. The molecule has 6 nitrogen and oxygen atoms in total. The molecule has 4 rings (SSSR count). The zero-order chi connectivity index (χ0) is 18.3. The van der Waals surface area contributed by atoms with Crippen LogP contribution in [0, 0.1) is 0 Å². The van der Waals surface area contributed by atoms with Gasteiger partial charge >= 0.3 is 6.03 Å². The molecule has 1 aliphatic heterocycles. The molecule has 1 N–H and O–H groups in total. The first-order chi connectivity index (χ1) is 12.5. The van der Waals surface area contributed by atoms with Gasteiger partial charge in [0.15, 0.2) is 0 Å². The molecule has 0 radical (unpaired) electrons. The predicted molar refractivity (Wildman–Crippen MR) is 96.5 cm³/mol. The molecule has 1 saturated heterocycles. The van der Waals surface area contributed by atoms with Gasteiger partial charge in [0, 0.05) is 12.7 Å². The molecule has 1 atom stereocenters. The van der Waals surface area contributed by atoms with Crippen molar-refractivity contribution >= 4 is 23.5 Å². The third-order valence-electron chi connectivity index (χ3n) is 5.23. The van der Waals surface area contributed by atoms with Crippen molar-refractivity contribution < 1.29 is 14.4 Å². The number of fused-ring (bicyclic) bond motifs is 2. The normalized spacial score (nSPS) is 21.0. The number of imide groups is 1. The molecule has 1 spiro atoms. The van der Waals surface area contributed by atoms with Crippen LogP contribution in [-0.2, 0) is 21.5 Å². The molecule has 1 fully saturated rings. The van der Waals surface area contributed by atoms with E-state index in [2.05, 4.69) is 5.32 Å². The van der Waals surface area contributed by atoms with E-state index in [0.29, 0.717) is 12.1 Å².